The van der Waals surface area contributed by atoms with Gasteiger partial charge in [0.25, 0.3) is 0 Å². The number of hydrogen-bond donors (Lipinski definition) is 3. The van der Waals surface area contributed by atoms with E-state index in [0.717, 1.165) is 0 Å². The Balaban J connectivity index is 0.000000711. The van der Waals surface area contributed by atoms with Crippen molar-refractivity contribution in [2.45, 2.75) is 6.92 Å². The third-order valence-electron chi connectivity index (χ3n) is 1.98. The minimum atomic E-state index is -3.11. The molecule has 0 heterocycles. The normalized spacial score (nSPS) is 9.00. The zero-order valence-corrected chi connectivity index (χ0v) is 11.4. The number of hydrogen-bond acceptors (Lipinski definition) is 8. The zero-order valence-electron chi connectivity index (χ0n) is 10.6. The molecule has 19 heavy (non-hydrogen) atoms. The van der Waals surface area contributed by atoms with Gasteiger partial charge in [-0.15, -0.1) is 12.6 Å². The van der Waals surface area contributed by atoms with E-state index in [0.29, 0.717) is 12.2 Å². The fraction of sp³-hybridized carbons (Fsp3) is 0.400. The first-order valence-electron chi connectivity index (χ1n) is 5.06. The van der Waals surface area contributed by atoms with Gasteiger partial charge in [0, 0.05) is 12.6 Å². The Morgan fingerprint density at radius 3 is 2.11 bits per heavy atom. The van der Waals surface area contributed by atoms with Crippen LogP contribution in [0.2, 0.25) is 0 Å². The standard InChI is InChI=1S/C10H15NO4.O3S/c1-4-11-8-6(12)5-7(14-2)9(13)10(8)15-3;1-4(2)3/h5,11-13H,4H2,1-3H3;. The Bertz CT molecular complexity index is 520. The smallest absolute Gasteiger partial charge is 0.425 e. The Hall–Kier alpha value is -2.16. The second-order valence-corrected chi connectivity index (χ2v) is 3.50. The van der Waals surface area contributed by atoms with E-state index in [1.807, 2.05) is 6.92 Å². The molecule has 0 saturated carbocycles. The summed E-state index contributed by atoms with van der Waals surface area (Å²) in [6, 6.07) is 1.33. The maximum atomic E-state index is 9.72. The Kier molecular flexibility index (Phi) is 7.12. The quantitative estimate of drug-likeness (QED) is 0.543. The second-order valence-electron chi connectivity index (χ2n) is 3.09. The van der Waals surface area contributed by atoms with E-state index >= 15 is 0 Å². The highest BCUT2D eigenvalue weighted by atomic mass is 32.2. The fourth-order valence-corrected chi connectivity index (χ4v) is 1.31. The number of benzene rings is 1. The van der Waals surface area contributed by atoms with Crippen molar-refractivity contribution in [3.63, 3.8) is 0 Å². The summed E-state index contributed by atoms with van der Waals surface area (Å²) in [5.74, 6) is 0.191. The molecule has 0 aliphatic carbocycles. The van der Waals surface area contributed by atoms with Gasteiger partial charge in [-0.1, -0.05) is 0 Å². The minimum Gasteiger partial charge on any atom is -0.505 e. The van der Waals surface area contributed by atoms with Gasteiger partial charge >= 0.3 is 10.6 Å². The number of rotatable bonds is 4. The van der Waals surface area contributed by atoms with Crippen LogP contribution in [0.15, 0.2) is 6.07 Å². The molecule has 0 spiro atoms. The molecule has 0 atom stereocenters. The predicted octanol–water partition coefficient (Wildman–Crippen LogP) is 0.543. The topological polar surface area (TPSA) is 122 Å². The van der Waals surface area contributed by atoms with Crippen molar-refractivity contribution in [3.05, 3.63) is 6.07 Å². The molecule has 1 aromatic carbocycles. The molecule has 8 nitrogen and oxygen atoms in total. The lowest BCUT2D eigenvalue weighted by molar-refractivity contribution is 0.336. The maximum Gasteiger partial charge on any atom is 0.425 e. The lowest BCUT2D eigenvalue weighted by Gasteiger charge is -2.15. The molecule has 0 aliphatic heterocycles. The van der Waals surface area contributed by atoms with Crippen LogP contribution in [-0.4, -0.2) is 43.6 Å². The first-order chi connectivity index (χ1) is 8.88. The average molecular weight is 293 g/mol. The lowest BCUT2D eigenvalue weighted by atomic mass is 10.2. The molecule has 0 aromatic heterocycles. The van der Waals surface area contributed by atoms with Crippen molar-refractivity contribution >= 4 is 16.3 Å². The third-order valence-corrected chi connectivity index (χ3v) is 1.98. The van der Waals surface area contributed by atoms with Crippen LogP contribution in [0, 0.1) is 0 Å². The van der Waals surface area contributed by atoms with Crippen LogP contribution in [0.25, 0.3) is 0 Å². The molecule has 0 bridgehead atoms. The van der Waals surface area contributed by atoms with Gasteiger partial charge in [-0.05, 0) is 6.92 Å². The van der Waals surface area contributed by atoms with E-state index in [1.165, 1.54) is 20.3 Å². The summed E-state index contributed by atoms with van der Waals surface area (Å²) < 4.78 is 35.2. The van der Waals surface area contributed by atoms with E-state index in [2.05, 4.69) is 5.32 Å². The van der Waals surface area contributed by atoms with Gasteiger partial charge in [0.2, 0.25) is 5.75 Å². The Labute approximate surface area is 111 Å². The number of nitrogens with one attached hydrogen (secondary N) is 1. The molecule has 9 heteroatoms. The zero-order chi connectivity index (χ0) is 15.0. The first-order valence-corrected chi connectivity index (χ1v) is 6.06. The van der Waals surface area contributed by atoms with Crippen LogP contribution in [0.3, 0.4) is 0 Å². The van der Waals surface area contributed by atoms with Gasteiger partial charge in [-0.2, -0.15) is 0 Å². The summed E-state index contributed by atoms with van der Waals surface area (Å²) in [7, 11) is -0.296. The third kappa shape index (κ3) is 4.92. The van der Waals surface area contributed by atoms with Crippen LogP contribution < -0.4 is 14.8 Å². The number of aromatic hydroxyl groups is 2. The minimum absolute atomic E-state index is 0.0247. The molecule has 0 amide bonds. The number of anilines is 1. The fourth-order valence-electron chi connectivity index (χ4n) is 1.31. The van der Waals surface area contributed by atoms with Crippen molar-refractivity contribution in [1.82, 2.24) is 0 Å². The molecule has 0 fully saturated rings. The van der Waals surface area contributed by atoms with Gasteiger partial charge in [-0.25, -0.2) is 0 Å². The van der Waals surface area contributed by atoms with Gasteiger partial charge in [0.05, 0.1) is 14.2 Å². The van der Waals surface area contributed by atoms with Gasteiger partial charge in [0.15, 0.2) is 11.5 Å². The summed E-state index contributed by atoms with van der Waals surface area (Å²) in [4.78, 5) is 0. The molecule has 108 valence electrons. The molecule has 1 aromatic rings. The van der Waals surface area contributed by atoms with E-state index in [1.54, 1.807) is 0 Å². The summed E-state index contributed by atoms with van der Waals surface area (Å²) in [5, 5.41) is 22.3. The number of ether oxygens (including phenoxy) is 2. The molecular formula is C10H15NO7S. The van der Waals surface area contributed by atoms with Crippen molar-refractivity contribution in [2.75, 3.05) is 26.1 Å². The van der Waals surface area contributed by atoms with Crippen LogP contribution in [0.4, 0.5) is 5.69 Å². The van der Waals surface area contributed by atoms with Gasteiger partial charge in [-0.3, -0.25) is 0 Å². The van der Waals surface area contributed by atoms with Gasteiger partial charge in [0.1, 0.15) is 11.4 Å². The SMILES string of the molecule is CCNc1c(O)cc(OC)c(O)c1OC.O=S(=O)=O. The van der Waals surface area contributed by atoms with E-state index in [-0.39, 0.29) is 23.0 Å². The summed E-state index contributed by atoms with van der Waals surface area (Å²) in [6.45, 7) is 2.48. The van der Waals surface area contributed by atoms with E-state index in [4.69, 9.17) is 22.1 Å². The second kappa shape index (κ2) is 8.03. The highest BCUT2D eigenvalue weighted by Crippen LogP contribution is 2.47. The van der Waals surface area contributed by atoms with E-state index < -0.39 is 10.6 Å². The van der Waals surface area contributed by atoms with Crippen LogP contribution in [-0.2, 0) is 10.6 Å². The average Bonchev–Trinajstić information content (AvgIpc) is 2.33. The van der Waals surface area contributed by atoms with Crippen LogP contribution >= 0.6 is 0 Å². The van der Waals surface area contributed by atoms with Crippen LogP contribution in [0.1, 0.15) is 6.92 Å². The highest BCUT2D eigenvalue weighted by Gasteiger charge is 2.18. The highest BCUT2D eigenvalue weighted by molar-refractivity contribution is 7.59. The molecule has 0 unspecified atom stereocenters. The molecule has 0 saturated heterocycles. The van der Waals surface area contributed by atoms with Crippen molar-refractivity contribution in [2.24, 2.45) is 0 Å². The van der Waals surface area contributed by atoms with Crippen LogP contribution in [0.5, 0.6) is 23.0 Å². The number of phenols is 2. The molecule has 0 aliphatic rings. The number of phenolic OH excluding ortho intramolecular Hbond substituents is 2. The Morgan fingerprint density at radius 2 is 1.74 bits per heavy atom. The first kappa shape index (κ1) is 16.8. The van der Waals surface area contributed by atoms with Crippen molar-refractivity contribution in [3.8, 4) is 23.0 Å². The summed E-state index contributed by atoms with van der Waals surface area (Å²) in [6.07, 6.45) is 0. The summed E-state index contributed by atoms with van der Waals surface area (Å²) >= 11 is 0. The molecule has 0 radical (unpaired) electrons. The molecule has 1 rings (SSSR count). The molecular weight excluding hydrogens is 278 g/mol. The predicted molar refractivity (Wildman–Crippen MR) is 66.7 cm³/mol. The maximum absolute atomic E-state index is 9.72. The molecule has 3 N–H and O–H groups in total. The lowest BCUT2D eigenvalue weighted by Crippen LogP contribution is -2.01. The largest absolute Gasteiger partial charge is 0.505 e. The van der Waals surface area contributed by atoms with Gasteiger partial charge < -0.3 is 25.0 Å². The monoisotopic (exact) mass is 293 g/mol. The number of methoxy groups -OCH3 is 2. The van der Waals surface area contributed by atoms with Crippen molar-refractivity contribution < 1.29 is 32.3 Å². The van der Waals surface area contributed by atoms with E-state index in [9.17, 15) is 10.2 Å². The summed E-state index contributed by atoms with van der Waals surface area (Å²) in [5.41, 5.74) is 0.360. The Morgan fingerprint density at radius 1 is 1.21 bits per heavy atom. The van der Waals surface area contributed by atoms with Crippen molar-refractivity contribution in [1.29, 1.82) is 0 Å².